The second kappa shape index (κ2) is 5.59. The molecule has 0 saturated carbocycles. The SMILES string of the molecule is CCC1CCC(C)N1C(=O)c1cnc(C)cc1NC. The highest BCUT2D eigenvalue weighted by Crippen LogP contribution is 2.29. The fourth-order valence-electron chi connectivity index (χ4n) is 2.91. The van der Waals surface area contributed by atoms with E-state index in [-0.39, 0.29) is 5.91 Å². The average Bonchev–Trinajstić information content (AvgIpc) is 2.78. The molecule has 19 heavy (non-hydrogen) atoms. The molecule has 2 unspecified atom stereocenters. The van der Waals surface area contributed by atoms with Crippen LogP contribution >= 0.6 is 0 Å². The van der Waals surface area contributed by atoms with Crippen LogP contribution in [0.1, 0.15) is 49.2 Å². The van der Waals surface area contributed by atoms with E-state index in [1.165, 1.54) is 0 Å². The molecule has 0 aromatic carbocycles. The Morgan fingerprint density at radius 1 is 1.53 bits per heavy atom. The summed E-state index contributed by atoms with van der Waals surface area (Å²) in [7, 11) is 1.84. The quantitative estimate of drug-likeness (QED) is 0.910. The lowest BCUT2D eigenvalue weighted by Gasteiger charge is -2.28. The van der Waals surface area contributed by atoms with Gasteiger partial charge in [0, 0.05) is 31.0 Å². The lowest BCUT2D eigenvalue weighted by molar-refractivity contribution is 0.0677. The van der Waals surface area contributed by atoms with Crippen LogP contribution in [0.4, 0.5) is 5.69 Å². The number of hydrogen-bond donors (Lipinski definition) is 1. The standard InChI is InChI=1S/C15H23N3O/c1-5-12-7-6-11(3)18(12)15(19)13-9-17-10(2)8-14(13)16-4/h8-9,11-12H,5-7H2,1-4H3,(H,16,17). The van der Waals surface area contributed by atoms with Gasteiger partial charge in [0.05, 0.1) is 11.3 Å². The van der Waals surface area contributed by atoms with Crippen molar-refractivity contribution in [2.24, 2.45) is 0 Å². The van der Waals surface area contributed by atoms with Gasteiger partial charge in [0.15, 0.2) is 0 Å². The number of anilines is 1. The second-order valence-electron chi connectivity index (χ2n) is 5.32. The van der Waals surface area contributed by atoms with Crippen molar-refractivity contribution in [3.63, 3.8) is 0 Å². The van der Waals surface area contributed by atoms with E-state index in [1.807, 2.05) is 24.9 Å². The van der Waals surface area contributed by atoms with Crippen LogP contribution in [0.3, 0.4) is 0 Å². The summed E-state index contributed by atoms with van der Waals surface area (Å²) in [5, 5.41) is 3.10. The third-order valence-corrected chi connectivity index (χ3v) is 4.03. The minimum atomic E-state index is 0.105. The highest BCUT2D eigenvalue weighted by Gasteiger charge is 2.34. The third kappa shape index (κ3) is 2.57. The van der Waals surface area contributed by atoms with Crippen molar-refractivity contribution in [3.05, 3.63) is 23.5 Å². The predicted octanol–water partition coefficient (Wildman–Crippen LogP) is 2.83. The van der Waals surface area contributed by atoms with E-state index >= 15 is 0 Å². The van der Waals surface area contributed by atoms with Crippen LogP contribution in [-0.2, 0) is 0 Å². The number of hydrogen-bond acceptors (Lipinski definition) is 3. The summed E-state index contributed by atoms with van der Waals surface area (Å²) in [6, 6.07) is 2.62. The van der Waals surface area contributed by atoms with Crippen molar-refractivity contribution in [2.75, 3.05) is 12.4 Å². The normalized spacial score (nSPS) is 22.6. The van der Waals surface area contributed by atoms with Crippen molar-refractivity contribution in [1.82, 2.24) is 9.88 Å². The predicted molar refractivity (Wildman–Crippen MR) is 77.5 cm³/mol. The molecule has 2 rings (SSSR count). The first-order chi connectivity index (χ1) is 9.08. The number of amides is 1. The van der Waals surface area contributed by atoms with Crippen LogP contribution in [0.25, 0.3) is 0 Å². The van der Waals surface area contributed by atoms with Gasteiger partial charge in [0.1, 0.15) is 0 Å². The summed E-state index contributed by atoms with van der Waals surface area (Å²) in [5.74, 6) is 0.105. The number of carbonyl (C=O) groups excluding carboxylic acids is 1. The molecule has 104 valence electrons. The summed E-state index contributed by atoms with van der Waals surface area (Å²) < 4.78 is 0. The van der Waals surface area contributed by atoms with Crippen LogP contribution in [-0.4, -0.2) is 34.9 Å². The first kappa shape index (κ1) is 13.8. The highest BCUT2D eigenvalue weighted by molar-refractivity contribution is 5.99. The van der Waals surface area contributed by atoms with Gasteiger partial charge in [-0.05, 0) is 39.2 Å². The number of nitrogens with one attached hydrogen (secondary N) is 1. The minimum absolute atomic E-state index is 0.105. The van der Waals surface area contributed by atoms with Crippen LogP contribution in [0.15, 0.2) is 12.3 Å². The Hall–Kier alpha value is -1.58. The molecule has 0 aliphatic carbocycles. The molecule has 2 heterocycles. The monoisotopic (exact) mass is 261 g/mol. The zero-order valence-electron chi connectivity index (χ0n) is 12.2. The molecule has 1 N–H and O–H groups in total. The van der Waals surface area contributed by atoms with Gasteiger partial charge in [-0.3, -0.25) is 9.78 Å². The maximum Gasteiger partial charge on any atom is 0.258 e. The first-order valence-electron chi connectivity index (χ1n) is 7.05. The van der Waals surface area contributed by atoms with Crippen molar-refractivity contribution in [2.45, 2.75) is 52.1 Å². The lowest BCUT2D eigenvalue weighted by Crippen LogP contribution is -2.40. The fraction of sp³-hybridized carbons (Fsp3) is 0.600. The van der Waals surface area contributed by atoms with E-state index in [2.05, 4.69) is 24.1 Å². The van der Waals surface area contributed by atoms with E-state index < -0.39 is 0 Å². The zero-order valence-corrected chi connectivity index (χ0v) is 12.2. The van der Waals surface area contributed by atoms with E-state index in [4.69, 9.17) is 0 Å². The number of nitrogens with zero attached hydrogens (tertiary/aromatic N) is 2. The first-order valence-corrected chi connectivity index (χ1v) is 7.05. The Morgan fingerprint density at radius 3 is 2.89 bits per heavy atom. The zero-order chi connectivity index (χ0) is 14.0. The smallest absolute Gasteiger partial charge is 0.258 e. The molecule has 4 nitrogen and oxygen atoms in total. The molecular weight excluding hydrogens is 238 g/mol. The molecule has 1 aromatic heterocycles. The number of likely N-dealkylation sites (tertiary alicyclic amines) is 1. The van der Waals surface area contributed by atoms with E-state index in [0.717, 1.165) is 30.6 Å². The molecule has 2 atom stereocenters. The largest absolute Gasteiger partial charge is 0.387 e. The van der Waals surface area contributed by atoms with E-state index in [9.17, 15) is 4.79 Å². The summed E-state index contributed by atoms with van der Waals surface area (Å²) in [5.41, 5.74) is 2.47. The van der Waals surface area contributed by atoms with Crippen LogP contribution < -0.4 is 5.32 Å². The number of aryl methyl sites for hydroxylation is 1. The molecule has 4 heteroatoms. The maximum atomic E-state index is 12.8. The Labute approximate surface area is 115 Å². The van der Waals surface area contributed by atoms with Gasteiger partial charge in [0.2, 0.25) is 0 Å². The van der Waals surface area contributed by atoms with Gasteiger partial charge in [-0.15, -0.1) is 0 Å². The van der Waals surface area contributed by atoms with Gasteiger partial charge >= 0.3 is 0 Å². The molecule has 0 bridgehead atoms. The molecule has 1 fully saturated rings. The molecular formula is C15H23N3O. The van der Waals surface area contributed by atoms with Crippen molar-refractivity contribution in [3.8, 4) is 0 Å². The third-order valence-electron chi connectivity index (χ3n) is 4.03. The Kier molecular flexibility index (Phi) is 4.08. The van der Waals surface area contributed by atoms with E-state index in [0.29, 0.717) is 17.6 Å². The van der Waals surface area contributed by atoms with Gasteiger partial charge in [-0.2, -0.15) is 0 Å². The molecule has 1 amide bonds. The van der Waals surface area contributed by atoms with Crippen molar-refractivity contribution >= 4 is 11.6 Å². The summed E-state index contributed by atoms with van der Waals surface area (Å²) >= 11 is 0. The highest BCUT2D eigenvalue weighted by atomic mass is 16.2. The van der Waals surface area contributed by atoms with Crippen LogP contribution in [0.2, 0.25) is 0 Å². The molecule has 1 aliphatic heterocycles. The molecule has 1 aliphatic rings. The number of carbonyl (C=O) groups is 1. The van der Waals surface area contributed by atoms with Crippen LogP contribution in [0, 0.1) is 6.92 Å². The lowest BCUT2D eigenvalue weighted by atomic mass is 10.1. The van der Waals surface area contributed by atoms with Gasteiger partial charge < -0.3 is 10.2 Å². The maximum absolute atomic E-state index is 12.8. The van der Waals surface area contributed by atoms with Gasteiger partial charge in [-0.1, -0.05) is 6.92 Å². The van der Waals surface area contributed by atoms with E-state index in [1.54, 1.807) is 6.20 Å². The molecule has 0 radical (unpaired) electrons. The Balaban J connectivity index is 2.33. The number of aromatic nitrogens is 1. The summed E-state index contributed by atoms with van der Waals surface area (Å²) in [6.45, 7) is 6.21. The minimum Gasteiger partial charge on any atom is -0.387 e. The number of pyridine rings is 1. The van der Waals surface area contributed by atoms with Gasteiger partial charge in [-0.25, -0.2) is 0 Å². The topological polar surface area (TPSA) is 45.2 Å². The van der Waals surface area contributed by atoms with Gasteiger partial charge in [0.25, 0.3) is 5.91 Å². The molecule has 0 spiro atoms. The summed E-state index contributed by atoms with van der Waals surface area (Å²) in [4.78, 5) is 19.1. The Bertz CT molecular complexity index is 472. The fourth-order valence-corrected chi connectivity index (χ4v) is 2.91. The number of rotatable bonds is 3. The van der Waals surface area contributed by atoms with Crippen molar-refractivity contribution < 1.29 is 4.79 Å². The van der Waals surface area contributed by atoms with Crippen molar-refractivity contribution in [1.29, 1.82) is 0 Å². The van der Waals surface area contributed by atoms with Crippen LogP contribution in [0.5, 0.6) is 0 Å². The summed E-state index contributed by atoms with van der Waals surface area (Å²) in [6.07, 6.45) is 4.92. The Morgan fingerprint density at radius 2 is 2.26 bits per heavy atom. The second-order valence-corrected chi connectivity index (χ2v) is 5.32. The molecule has 1 saturated heterocycles. The average molecular weight is 261 g/mol. The molecule has 1 aromatic rings.